The zero-order valence-corrected chi connectivity index (χ0v) is 12.4. The molecule has 0 N–H and O–H groups in total. The molecule has 0 saturated heterocycles. The van der Waals surface area contributed by atoms with Crippen LogP contribution in [0.4, 0.5) is 26.2 Å². The van der Waals surface area contributed by atoms with E-state index in [1.54, 1.807) is 0 Å². The highest BCUT2D eigenvalue weighted by Gasteiger charge is 2.51. The number of fused-ring (bicyclic) bond motifs is 2. The van der Waals surface area contributed by atoms with Crippen molar-refractivity contribution in [3.05, 3.63) is 77.0 Å². The van der Waals surface area contributed by atoms with Gasteiger partial charge in [0.1, 0.15) is 12.0 Å². The lowest BCUT2D eigenvalue weighted by atomic mass is 9.86. The Morgan fingerprint density at radius 1 is 1.08 bits per heavy atom. The van der Waals surface area contributed by atoms with Gasteiger partial charge in [-0.25, -0.2) is 4.39 Å². The number of rotatable bonds is 1. The Hall–Kier alpha value is -2.71. The minimum absolute atomic E-state index is 0.00796. The van der Waals surface area contributed by atoms with Gasteiger partial charge in [-0.15, -0.1) is 0 Å². The molecule has 1 aromatic carbocycles. The van der Waals surface area contributed by atoms with Crippen LogP contribution in [0, 0.1) is 5.82 Å². The topological polar surface area (TPSA) is 7.94 Å². The summed E-state index contributed by atoms with van der Waals surface area (Å²) in [5.74, 6) is -0.916. The molecule has 0 amide bonds. The minimum Gasteiger partial charge on any atom is -0.396 e. The Labute approximate surface area is 138 Å². The molecule has 2 aliphatic heterocycles. The molecule has 0 atom stereocenters. The van der Waals surface area contributed by atoms with Gasteiger partial charge in [0, 0.05) is 23.4 Å². The number of halogens is 6. The smallest absolute Gasteiger partial charge is 0.396 e. The van der Waals surface area contributed by atoms with Gasteiger partial charge in [0.2, 0.25) is 0 Å². The lowest BCUT2D eigenvalue weighted by molar-refractivity contribution is -0.356. The molecule has 0 bridgehead atoms. The van der Waals surface area contributed by atoms with Crippen LogP contribution < -0.4 is 0 Å². The predicted molar refractivity (Wildman–Crippen MR) is 80.7 cm³/mol. The highest BCUT2D eigenvalue weighted by molar-refractivity contribution is 6.57. The maximum Gasteiger partial charge on any atom is 0.737 e. The summed E-state index contributed by atoms with van der Waals surface area (Å²) in [4.78, 5) is 0. The SMILES string of the molecule is Fc1ccc(C(F)(F)F)cc1C1=C2C=CC=[N+]2[B-](F)(F)n2cccc21. The summed E-state index contributed by atoms with van der Waals surface area (Å²) in [6, 6.07) is 4.66. The lowest BCUT2D eigenvalue weighted by Gasteiger charge is -2.31. The molecule has 3 heterocycles. The fourth-order valence-corrected chi connectivity index (χ4v) is 3.19. The number of aromatic nitrogens is 1. The van der Waals surface area contributed by atoms with Gasteiger partial charge >= 0.3 is 13.1 Å². The van der Waals surface area contributed by atoms with Crippen molar-refractivity contribution in [1.82, 2.24) is 4.48 Å². The van der Waals surface area contributed by atoms with Crippen molar-refractivity contribution in [2.75, 3.05) is 0 Å². The molecule has 0 fully saturated rings. The van der Waals surface area contributed by atoms with Gasteiger partial charge in [-0.1, -0.05) is 0 Å². The van der Waals surface area contributed by atoms with Crippen LogP contribution in [-0.2, 0) is 6.18 Å². The third-order valence-electron chi connectivity index (χ3n) is 4.30. The molecule has 0 saturated carbocycles. The summed E-state index contributed by atoms with van der Waals surface area (Å²) in [5.41, 5.74) is -1.49. The molecule has 4 rings (SSSR count). The third-order valence-corrected chi connectivity index (χ3v) is 4.30. The van der Waals surface area contributed by atoms with Gasteiger partial charge in [0.05, 0.1) is 11.1 Å². The molecule has 0 aliphatic carbocycles. The molecule has 9 heteroatoms. The van der Waals surface area contributed by atoms with Crippen molar-refractivity contribution in [2.24, 2.45) is 0 Å². The van der Waals surface area contributed by atoms with Gasteiger partial charge in [0.25, 0.3) is 0 Å². The average Bonchev–Trinajstić information content (AvgIpc) is 3.18. The molecule has 0 spiro atoms. The Kier molecular flexibility index (Phi) is 3.10. The summed E-state index contributed by atoms with van der Waals surface area (Å²) in [6.07, 6.45) is 0.271. The Morgan fingerprint density at radius 2 is 1.84 bits per heavy atom. The van der Waals surface area contributed by atoms with Gasteiger partial charge in [-0.05, 0) is 36.5 Å². The van der Waals surface area contributed by atoms with Gasteiger partial charge in [0.15, 0.2) is 5.70 Å². The van der Waals surface area contributed by atoms with Crippen LogP contribution in [0.1, 0.15) is 16.8 Å². The summed E-state index contributed by atoms with van der Waals surface area (Å²) in [5, 5.41) is 0. The van der Waals surface area contributed by atoms with Crippen molar-refractivity contribution in [3.63, 3.8) is 0 Å². The number of alkyl halides is 3. The van der Waals surface area contributed by atoms with Crippen molar-refractivity contribution < 1.29 is 30.7 Å². The molecular formula is C16H9BF6N2. The zero-order valence-electron chi connectivity index (χ0n) is 12.4. The maximum absolute atomic E-state index is 14.6. The first-order chi connectivity index (χ1) is 11.7. The van der Waals surface area contributed by atoms with Crippen molar-refractivity contribution in [3.8, 4) is 0 Å². The molecule has 0 unspecified atom stereocenters. The number of benzene rings is 1. The summed E-state index contributed by atoms with van der Waals surface area (Å²) in [7, 11) is 0. The number of hydrogen-bond donors (Lipinski definition) is 0. The zero-order chi connectivity index (χ0) is 18.0. The normalized spacial score (nSPS) is 18.2. The molecule has 2 aliphatic rings. The first-order valence-corrected chi connectivity index (χ1v) is 7.32. The van der Waals surface area contributed by atoms with Crippen LogP contribution in [0.25, 0.3) is 5.57 Å². The molecule has 2 nitrogen and oxygen atoms in total. The van der Waals surface area contributed by atoms with E-state index in [1.807, 2.05) is 0 Å². The average molecular weight is 354 g/mol. The minimum atomic E-state index is -4.67. The fraction of sp³-hybridized carbons (Fsp3) is 0.0625. The second-order valence-corrected chi connectivity index (χ2v) is 5.76. The van der Waals surface area contributed by atoms with Crippen LogP contribution in [0.3, 0.4) is 0 Å². The molecule has 2 aromatic rings. The number of hydrogen-bond acceptors (Lipinski definition) is 0. The van der Waals surface area contributed by atoms with E-state index in [-0.39, 0.29) is 22.5 Å². The van der Waals surface area contributed by atoms with Crippen LogP contribution in [0.15, 0.2) is 54.4 Å². The lowest BCUT2D eigenvalue weighted by Crippen LogP contribution is -2.49. The molecule has 1 aromatic heterocycles. The second kappa shape index (κ2) is 4.90. The Balaban J connectivity index is 2.04. The Morgan fingerprint density at radius 3 is 2.56 bits per heavy atom. The van der Waals surface area contributed by atoms with Gasteiger partial charge in [-0.2, -0.15) is 13.2 Å². The van der Waals surface area contributed by atoms with E-state index in [9.17, 15) is 26.2 Å². The number of nitrogens with zero attached hydrogens (tertiary/aromatic N) is 2. The molecular weight excluding hydrogens is 345 g/mol. The van der Waals surface area contributed by atoms with E-state index in [4.69, 9.17) is 0 Å². The van der Waals surface area contributed by atoms with E-state index >= 15 is 0 Å². The van der Waals surface area contributed by atoms with Crippen molar-refractivity contribution in [2.45, 2.75) is 6.18 Å². The highest BCUT2D eigenvalue weighted by atomic mass is 19.4. The van der Waals surface area contributed by atoms with Crippen LogP contribution >= 0.6 is 0 Å². The first-order valence-electron chi connectivity index (χ1n) is 7.32. The number of allylic oxidation sites excluding steroid dienone is 2. The first kappa shape index (κ1) is 15.8. The van der Waals surface area contributed by atoms with Crippen molar-refractivity contribution >= 4 is 18.8 Å². The highest BCUT2D eigenvalue weighted by Crippen LogP contribution is 2.40. The standard InChI is InChI=1S/C16H9BF6N2/c18-12-6-5-10(16(19,20)21)9-11(12)15-13-3-1-7-24(13)17(22,23)25-8-2-4-14(15)25/h1-9H. The summed E-state index contributed by atoms with van der Waals surface area (Å²) < 4.78 is 83.9. The van der Waals surface area contributed by atoms with Gasteiger partial charge in [-0.3, -0.25) is 0 Å². The Bertz CT molecular complexity index is 981. The van der Waals surface area contributed by atoms with Crippen LogP contribution in [0.2, 0.25) is 0 Å². The van der Waals surface area contributed by atoms with E-state index in [0.717, 1.165) is 12.4 Å². The van der Waals surface area contributed by atoms with E-state index in [2.05, 4.69) is 0 Å². The van der Waals surface area contributed by atoms with Crippen LogP contribution in [0.5, 0.6) is 0 Å². The summed E-state index contributed by atoms with van der Waals surface area (Å²) >= 11 is 0. The quantitative estimate of drug-likeness (QED) is 0.533. The monoisotopic (exact) mass is 354 g/mol. The van der Waals surface area contributed by atoms with E-state index in [1.165, 1.54) is 24.3 Å². The maximum atomic E-state index is 14.6. The van der Waals surface area contributed by atoms with Crippen molar-refractivity contribution in [1.29, 1.82) is 0 Å². The van der Waals surface area contributed by atoms with E-state index in [0.29, 0.717) is 27.2 Å². The van der Waals surface area contributed by atoms with E-state index < -0.39 is 24.5 Å². The summed E-state index contributed by atoms with van der Waals surface area (Å²) in [6.45, 7) is -4.19. The van der Waals surface area contributed by atoms with Gasteiger partial charge < -0.3 is 17.6 Å². The van der Waals surface area contributed by atoms with Crippen LogP contribution in [-0.4, -0.2) is 22.1 Å². The second-order valence-electron chi connectivity index (χ2n) is 5.76. The predicted octanol–water partition coefficient (Wildman–Crippen LogP) is 4.29. The molecule has 25 heavy (non-hydrogen) atoms. The third kappa shape index (κ3) is 2.18. The largest absolute Gasteiger partial charge is 0.737 e. The fourth-order valence-electron chi connectivity index (χ4n) is 3.19. The molecule has 0 radical (unpaired) electrons. The molecule has 128 valence electrons.